The Hall–Kier alpha value is -1.43. The van der Waals surface area contributed by atoms with E-state index in [4.69, 9.17) is 18.9 Å². The molecule has 1 fully saturated rings. The first kappa shape index (κ1) is 16.6. The van der Waals surface area contributed by atoms with Gasteiger partial charge in [0.05, 0.1) is 22.5 Å². The number of aromatic nitrogens is 2. The topological polar surface area (TPSA) is 70.4 Å². The SMILES string of the molecule is CCc1cc(B2OC(C)(C)C(C)(C)O2)n(C)n1.O=C=O. The predicted molar refractivity (Wildman–Crippen MR) is 73.3 cm³/mol. The van der Waals surface area contributed by atoms with Gasteiger partial charge in [-0.3, -0.25) is 4.68 Å². The van der Waals surface area contributed by atoms with Gasteiger partial charge in [-0.15, -0.1) is 0 Å². The summed E-state index contributed by atoms with van der Waals surface area (Å²) in [5.41, 5.74) is 1.46. The van der Waals surface area contributed by atoms with Crippen LogP contribution in [0.2, 0.25) is 0 Å². The number of carbonyl (C=O) groups excluding carboxylic acids is 2. The van der Waals surface area contributed by atoms with E-state index in [-0.39, 0.29) is 24.5 Å². The number of rotatable bonds is 2. The van der Waals surface area contributed by atoms with Crippen molar-refractivity contribution in [1.82, 2.24) is 9.78 Å². The largest absolute Gasteiger partial charge is 0.514 e. The van der Waals surface area contributed by atoms with Crippen LogP contribution in [-0.4, -0.2) is 34.3 Å². The maximum atomic E-state index is 8.12. The van der Waals surface area contributed by atoms with Crippen LogP contribution in [0.25, 0.3) is 0 Å². The van der Waals surface area contributed by atoms with Crippen LogP contribution in [0, 0.1) is 0 Å². The highest BCUT2D eigenvalue weighted by Gasteiger charge is 2.52. The van der Waals surface area contributed by atoms with Gasteiger partial charge in [-0.2, -0.15) is 14.7 Å². The van der Waals surface area contributed by atoms with Crippen molar-refractivity contribution in [2.45, 2.75) is 52.2 Å². The van der Waals surface area contributed by atoms with Crippen LogP contribution >= 0.6 is 0 Å². The van der Waals surface area contributed by atoms with Crippen LogP contribution in [0.4, 0.5) is 0 Å². The normalized spacial score (nSPS) is 19.2. The van der Waals surface area contributed by atoms with E-state index in [1.54, 1.807) is 0 Å². The summed E-state index contributed by atoms with van der Waals surface area (Å²) in [7, 11) is 1.61. The summed E-state index contributed by atoms with van der Waals surface area (Å²) in [6, 6.07) is 2.06. The van der Waals surface area contributed by atoms with Gasteiger partial charge in [0.15, 0.2) is 0 Å². The first-order valence-corrected chi connectivity index (χ1v) is 6.56. The quantitative estimate of drug-likeness (QED) is 0.746. The molecule has 1 saturated heterocycles. The highest BCUT2D eigenvalue weighted by atomic mass is 16.7. The highest BCUT2D eigenvalue weighted by molar-refractivity contribution is 6.61. The Bertz CT molecular complexity index is 488. The van der Waals surface area contributed by atoms with Crippen LogP contribution in [0.5, 0.6) is 0 Å². The molecular weight excluding hydrogens is 259 g/mol. The smallest absolute Gasteiger partial charge is 0.398 e. The second kappa shape index (κ2) is 5.91. The second-order valence-electron chi connectivity index (χ2n) is 5.71. The summed E-state index contributed by atoms with van der Waals surface area (Å²) in [5, 5.41) is 4.43. The van der Waals surface area contributed by atoms with Crippen LogP contribution in [0.15, 0.2) is 6.07 Å². The molecule has 1 aliphatic rings. The van der Waals surface area contributed by atoms with E-state index in [2.05, 4.69) is 45.8 Å². The summed E-state index contributed by atoms with van der Waals surface area (Å²) in [6.45, 7) is 10.3. The molecule has 2 rings (SSSR count). The molecule has 1 aromatic rings. The zero-order chi connectivity index (χ0) is 15.6. The van der Waals surface area contributed by atoms with Crippen molar-refractivity contribution in [3.05, 3.63) is 11.8 Å². The minimum Gasteiger partial charge on any atom is -0.398 e. The average Bonchev–Trinajstić information content (AvgIpc) is 2.78. The van der Waals surface area contributed by atoms with Gasteiger partial charge in [0, 0.05) is 7.05 Å². The molecule has 0 amide bonds. The monoisotopic (exact) mass is 280 g/mol. The van der Waals surface area contributed by atoms with Gasteiger partial charge in [-0.25, -0.2) is 0 Å². The molecule has 0 N–H and O–H groups in total. The van der Waals surface area contributed by atoms with Crippen molar-refractivity contribution < 1.29 is 18.9 Å². The Morgan fingerprint density at radius 2 is 1.70 bits per heavy atom. The minimum atomic E-state index is -0.321. The highest BCUT2D eigenvalue weighted by Crippen LogP contribution is 2.36. The maximum Gasteiger partial charge on any atom is 0.514 e. The van der Waals surface area contributed by atoms with Gasteiger partial charge in [0.2, 0.25) is 0 Å². The zero-order valence-electron chi connectivity index (χ0n) is 12.9. The first-order chi connectivity index (χ1) is 9.18. The molecule has 0 aliphatic carbocycles. The van der Waals surface area contributed by atoms with Crippen molar-refractivity contribution in [2.24, 2.45) is 7.05 Å². The van der Waals surface area contributed by atoms with Crippen LogP contribution in [0.1, 0.15) is 40.3 Å². The average molecular weight is 280 g/mol. The lowest BCUT2D eigenvalue weighted by Gasteiger charge is -2.32. The summed E-state index contributed by atoms with van der Waals surface area (Å²) in [5.74, 6) is 0. The standard InChI is InChI=1S/C12H21BN2O2.CO2/c1-7-9-8-10(15(6)14-9)13-16-11(2,3)12(4,5)17-13;2-1-3/h8H,7H2,1-6H3;. The third-order valence-corrected chi connectivity index (χ3v) is 3.82. The van der Waals surface area contributed by atoms with Gasteiger partial charge in [0.25, 0.3) is 0 Å². The lowest BCUT2D eigenvalue weighted by Crippen LogP contribution is -2.41. The molecule has 0 radical (unpaired) electrons. The molecule has 1 aliphatic heterocycles. The number of hydrogen-bond acceptors (Lipinski definition) is 5. The second-order valence-corrected chi connectivity index (χ2v) is 5.71. The van der Waals surface area contributed by atoms with Crippen LogP contribution in [-0.2, 0) is 32.4 Å². The molecule has 0 bridgehead atoms. The summed E-state index contributed by atoms with van der Waals surface area (Å²) >= 11 is 0. The number of nitrogens with zero attached hydrogens (tertiary/aromatic N) is 2. The predicted octanol–water partition coefficient (Wildman–Crippen LogP) is 0.698. The molecule has 0 aromatic carbocycles. The van der Waals surface area contributed by atoms with E-state index in [1.807, 2.05) is 11.7 Å². The van der Waals surface area contributed by atoms with E-state index < -0.39 is 0 Å². The maximum absolute atomic E-state index is 8.12. The van der Waals surface area contributed by atoms with Crippen LogP contribution < -0.4 is 5.59 Å². The molecule has 6 nitrogen and oxygen atoms in total. The number of hydrogen-bond donors (Lipinski definition) is 0. The van der Waals surface area contributed by atoms with Gasteiger partial charge >= 0.3 is 13.3 Å². The third-order valence-electron chi connectivity index (χ3n) is 3.82. The molecule has 2 heterocycles. The van der Waals surface area contributed by atoms with E-state index in [9.17, 15) is 0 Å². The molecule has 20 heavy (non-hydrogen) atoms. The molecule has 0 spiro atoms. The Labute approximate surface area is 119 Å². The van der Waals surface area contributed by atoms with E-state index in [0.29, 0.717) is 0 Å². The molecule has 110 valence electrons. The van der Waals surface area contributed by atoms with E-state index >= 15 is 0 Å². The summed E-state index contributed by atoms with van der Waals surface area (Å²) in [6.07, 6.45) is 1.17. The molecule has 7 heteroatoms. The van der Waals surface area contributed by atoms with Crippen molar-refractivity contribution in [3.63, 3.8) is 0 Å². The van der Waals surface area contributed by atoms with Gasteiger partial charge in [-0.05, 0) is 40.2 Å². The minimum absolute atomic E-state index is 0.250. The molecule has 1 aromatic heterocycles. The Kier molecular flexibility index (Phi) is 4.92. The van der Waals surface area contributed by atoms with Gasteiger partial charge in [-0.1, -0.05) is 6.92 Å². The Balaban J connectivity index is 0.000000612. The van der Waals surface area contributed by atoms with E-state index in [0.717, 1.165) is 17.7 Å². The third kappa shape index (κ3) is 3.18. The Morgan fingerprint density at radius 3 is 2.05 bits per heavy atom. The summed E-state index contributed by atoms with van der Waals surface area (Å²) in [4.78, 5) is 16.2. The zero-order valence-corrected chi connectivity index (χ0v) is 12.9. The lowest BCUT2D eigenvalue weighted by atomic mass is 9.84. The van der Waals surface area contributed by atoms with Crippen LogP contribution in [0.3, 0.4) is 0 Å². The van der Waals surface area contributed by atoms with Crippen molar-refractivity contribution in [2.75, 3.05) is 0 Å². The van der Waals surface area contributed by atoms with Gasteiger partial charge in [0.1, 0.15) is 0 Å². The van der Waals surface area contributed by atoms with Crippen molar-refractivity contribution >= 4 is 18.9 Å². The summed E-state index contributed by atoms with van der Waals surface area (Å²) < 4.78 is 13.9. The van der Waals surface area contributed by atoms with E-state index in [1.165, 1.54) is 0 Å². The molecule has 0 unspecified atom stereocenters. The molecule has 0 saturated carbocycles. The fourth-order valence-corrected chi connectivity index (χ4v) is 1.90. The lowest BCUT2D eigenvalue weighted by molar-refractivity contribution is -0.191. The fourth-order valence-electron chi connectivity index (χ4n) is 1.90. The molecular formula is C13H21BN2O4. The van der Waals surface area contributed by atoms with Crippen molar-refractivity contribution in [3.8, 4) is 0 Å². The first-order valence-electron chi connectivity index (χ1n) is 6.56. The molecule has 0 atom stereocenters. The number of aryl methyl sites for hydroxylation is 2. The Morgan fingerprint density at radius 1 is 1.25 bits per heavy atom. The van der Waals surface area contributed by atoms with Crippen molar-refractivity contribution in [1.29, 1.82) is 0 Å². The fraction of sp³-hybridized carbons (Fsp3) is 0.692. The van der Waals surface area contributed by atoms with Gasteiger partial charge < -0.3 is 9.31 Å².